The van der Waals surface area contributed by atoms with E-state index in [-0.39, 0.29) is 22.7 Å². The van der Waals surface area contributed by atoms with E-state index < -0.39 is 22.0 Å². The molecule has 1 atom stereocenters. The molecule has 9 nitrogen and oxygen atoms in total. The summed E-state index contributed by atoms with van der Waals surface area (Å²) in [4.78, 5) is 12.8. The number of thiophene rings is 1. The van der Waals surface area contributed by atoms with Gasteiger partial charge in [0.05, 0.1) is 11.4 Å². The van der Waals surface area contributed by atoms with E-state index in [9.17, 15) is 13.2 Å². The van der Waals surface area contributed by atoms with Crippen molar-refractivity contribution in [3.63, 3.8) is 0 Å². The third-order valence-electron chi connectivity index (χ3n) is 4.61. The van der Waals surface area contributed by atoms with Crippen LogP contribution in [-0.2, 0) is 14.8 Å². The van der Waals surface area contributed by atoms with Gasteiger partial charge in [-0.05, 0) is 49.2 Å². The van der Waals surface area contributed by atoms with E-state index in [0.29, 0.717) is 28.5 Å². The molecule has 158 valence electrons. The number of hydrogen-bond acceptors (Lipinski definition) is 8. The number of aromatic nitrogens is 2. The minimum absolute atomic E-state index is 0.103. The molecule has 0 spiro atoms. The van der Waals surface area contributed by atoms with Gasteiger partial charge >= 0.3 is 6.01 Å². The van der Waals surface area contributed by atoms with Crippen molar-refractivity contribution in [1.29, 1.82) is 0 Å². The first kappa shape index (κ1) is 20.8. The van der Waals surface area contributed by atoms with Crippen LogP contribution in [0.2, 0.25) is 4.34 Å². The van der Waals surface area contributed by atoms with Crippen LogP contribution in [0.4, 0.5) is 6.01 Å². The van der Waals surface area contributed by atoms with Gasteiger partial charge in [0.2, 0.25) is 11.8 Å². The molecular formula is C18H17ClN4O5S2. The van der Waals surface area contributed by atoms with Crippen LogP contribution in [0.5, 0.6) is 5.75 Å². The highest BCUT2D eigenvalue weighted by atomic mass is 35.5. The molecule has 30 heavy (non-hydrogen) atoms. The van der Waals surface area contributed by atoms with E-state index >= 15 is 0 Å². The quantitative estimate of drug-likeness (QED) is 0.590. The number of nitrogens with one attached hydrogen (secondary N) is 1. The minimum atomic E-state index is -3.82. The largest absolute Gasteiger partial charge is 0.497 e. The summed E-state index contributed by atoms with van der Waals surface area (Å²) >= 11 is 6.83. The molecule has 3 aromatic rings. The van der Waals surface area contributed by atoms with Crippen LogP contribution in [-0.4, -0.2) is 48.5 Å². The summed E-state index contributed by atoms with van der Waals surface area (Å²) in [7, 11) is -2.26. The average Bonchev–Trinajstić information content (AvgIpc) is 3.48. The van der Waals surface area contributed by atoms with Crippen molar-refractivity contribution in [2.45, 2.75) is 23.1 Å². The fourth-order valence-corrected chi connectivity index (χ4v) is 6.42. The van der Waals surface area contributed by atoms with Gasteiger partial charge in [0, 0.05) is 12.1 Å². The molecular weight excluding hydrogens is 452 g/mol. The predicted octanol–water partition coefficient (Wildman–Crippen LogP) is 3.25. The monoisotopic (exact) mass is 468 g/mol. The van der Waals surface area contributed by atoms with Crippen LogP contribution in [0.1, 0.15) is 12.8 Å². The number of benzene rings is 1. The van der Waals surface area contributed by atoms with Crippen LogP contribution < -0.4 is 10.1 Å². The first-order chi connectivity index (χ1) is 14.4. The molecule has 1 aliphatic heterocycles. The highest BCUT2D eigenvalue weighted by molar-refractivity contribution is 7.91. The molecule has 1 aliphatic rings. The highest BCUT2D eigenvalue weighted by Crippen LogP contribution is 2.32. The number of halogens is 1. The number of carbonyl (C=O) groups excluding carboxylic acids is 1. The Hall–Kier alpha value is -2.47. The molecule has 0 aliphatic carbocycles. The van der Waals surface area contributed by atoms with Gasteiger partial charge < -0.3 is 9.15 Å². The van der Waals surface area contributed by atoms with E-state index in [0.717, 1.165) is 11.3 Å². The molecule has 2 aromatic heterocycles. The molecule has 1 saturated heterocycles. The third-order valence-corrected chi connectivity index (χ3v) is 8.22. The molecule has 1 amide bonds. The van der Waals surface area contributed by atoms with Crippen LogP contribution in [0.3, 0.4) is 0 Å². The summed E-state index contributed by atoms with van der Waals surface area (Å²) in [6.07, 6.45) is 0.959. The lowest BCUT2D eigenvalue weighted by atomic mass is 10.2. The number of sulfonamides is 1. The first-order valence-electron chi connectivity index (χ1n) is 8.94. The maximum atomic E-state index is 12.9. The van der Waals surface area contributed by atoms with Crippen LogP contribution >= 0.6 is 22.9 Å². The van der Waals surface area contributed by atoms with Gasteiger partial charge in [-0.1, -0.05) is 16.7 Å². The standard InChI is InChI=1S/C18H17ClN4O5S2/c1-27-12-6-4-11(5-7-12)17-21-22-18(28-17)20-16(24)13-3-2-10-23(13)30(25,26)15-9-8-14(19)29-15/h4-9,13H,2-3,10H2,1H3,(H,20,22,24). The fraction of sp³-hybridized carbons (Fsp3) is 0.278. The number of anilines is 1. The SMILES string of the molecule is COc1ccc(-c2nnc(NC(=O)C3CCCN3S(=O)(=O)c3ccc(Cl)s3)o2)cc1. The second kappa shape index (κ2) is 8.34. The Morgan fingerprint density at radius 1 is 1.27 bits per heavy atom. The Balaban J connectivity index is 1.49. The lowest BCUT2D eigenvalue weighted by Crippen LogP contribution is -2.42. The lowest BCUT2D eigenvalue weighted by Gasteiger charge is -2.21. The van der Waals surface area contributed by atoms with Gasteiger partial charge in [0.25, 0.3) is 10.0 Å². The number of amides is 1. The summed E-state index contributed by atoms with van der Waals surface area (Å²) in [6.45, 7) is 0.247. The molecule has 0 radical (unpaired) electrons. The fourth-order valence-electron chi connectivity index (χ4n) is 3.15. The number of ether oxygens (including phenoxy) is 1. The van der Waals surface area contributed by atoms with Gasteiger partial charge in [-0.15, -0.1) is 16.4 Å². The van der Waals surface area contributed by atoms with Gasteiger partial charge in [-0.2, -0.15) is 4.31 Å². The normalized spacial score (nSPS) is 17.2. The number of carbonyl (C=O) groups is 1. The number of hydrogen-bond donors (Lipinski definition) is 1. The second-order valence-electron chi connectivity index (χ2n) is 6.46. The Labute approximate surface area is 181 Å². The van der Waals surface area contributed by atoms with E-state index in [1.807, 2.05) is 0 Å². The third kappa shape index (κ3) is 4.06. The first-order valence-corrected chi connectivity index (χ1v) is 11.6. The van der Waals surface area contributed by atoms with Crippen molar-refractivity contribution in [2.24, 2.45) is 0 Å². The maximum absolute atomic E-state index is 12.9. The number of methoxy groups -OCH3 is 1. The molecule has 1 unspecified atom stereocenters. The summed E-state index contributed by atoms with van der Waals surface area (Å²) in [6, 6.07) is 8.97. The average molecular weight is 469 g/mol. The van der Waals surface area contributed by atoms with Crippen molar-refractivity contribution in [1.82, 2.24) is 14.5 Å². The molecule has 1 N–H and O–H groups in total. The zero-order chi connectivity index (χ0) is 21.3. The molecule has 0 bridgehead atoms. The summed E-state index contributed by atoms with van der Waals surface area (Å²) in [5.41, 5.74) is 0.656. The Kier molecular flexibility index (Phi) is 5.78. The molecule has 1 fully saturated rings. The van der Waals surface area contributed by atoms with E-state index in [4.69, 9.17) is 20.8 Å². The van der Waals surface area contributed by atoms with Crippen molar-refractivity contribution in [3.8, 4) is 17.2 Å². The van der Waals surface area contributed by atoms with Crippen molar-refractivity contribution < 1.29 is 22.4 Å². The van der Waals surface area contributed by atoms with E-state index in [1.165, 1.54) is 16.4 Å². The second-order valence-corrected chi connectivity index (χ2v) is 10.3. The zero-order valence-electron chi connectivity index (χ0n) is 15.7. The zero-order valence-corrected chi connectivity index (χ0v) is 18.1. The molecule has 3 heterocycles. The summed E-state index contributed by atoms with van der Waals surface area (Å²) in [5, 5.41) is 10.3. The van der Waals surface area contributed by atoms with E-state index in [2.05, 4.69) is 15.5 Å². The van der Waals surface area contributed by atoms with Gasteiger partial charge in [-0.25, -0.2) is 8.42 Å². The van der Waals surface area contributed by atoms with Crippen molar-refractivity contribution in [2.75, 3.05) is 19.0 Å². The lowest BCUT2D eigenvalue weighted by molar-refractivity contribution is -0.119. The topological polar surface area (TPSA) is 115 Å². The molecule has 4 rings (SSSR count). The predicted molar refractivity (Wildman–Crippen MR) is 111 cm³/mol. The molecule has 0 saturated carbocycles. The van der Waals surface area contributed by atoms with Crippen LogP contribution in [0, 0.1) is 0 Å². The smallest absolute Gasteiger partial charge is 0.322 e. The van der Waals surface area contributed by atoms with Gasteiger partial charge in [0.15, 0.2) is 0 Å². The van der Waals surface area contributed by atoms with Crippen molar-refractivity contribution >= 4 is 44.9 Å². The van der Waals surface area contributed by atoms with Crippen LogP contribution in [0.15, 0.2) is 45.0 Å². The Bertz CT molecular complexity index is 1160. The van der Waals surface area contributed by atoms with Crippen LogP contribution in [0.25, 0.3) is 11.5 Å². The minimum Gasteiger partial charge on any atom is -0.497 e. The van der Waals surface area contributed by atoms with Gasteiger partial charge in [0.1, 0.15) is 16.0 Å². The summed E-state index contributed by atoms with van der Waals surface area (Å²) < 4.78 is 38.1. The van der Waals surface area contributed by atoms with Gasteiger partial charge in [-0.3, -0.25) is 10.1 Å². The number of nitrogens with zero attached hydrogens (tertiary/aromatic N) is 3. The molecule has 12 heteroatoms. The van der Waals surface area contributed by atoms with Crippen molar-refractivity contribution in [3.05, 3.63) is 40.7 Å². The highest BCUT2D eigenvalue weighted by Gasteiger charge is 2.40. The number of rotatable bonds is 6. The molecule has 1 aromatic carbocycles. The summed E-state index contributed by atoms with van der Waals surface area (Å²) in [5.74, 6) is 0.377. The Morgan fingerprint density at radius 2 is 2.03 bits per heavy atom. The van der Waals surface area contributed by atoms with E-state index in [1.54, 1.807) is 31.4 Å². The maximum Gasteiger partial charge on any atom is 0.322 e. The Morgan fingerprint density at radius 3 is 2.70 bits per heavy atom.